The molecule has 0 aliphatic heterocycles. The summed E-state index contributed by atoms with van der Waals surface area (Å²) in [7, 11) is 0. The summed E-state index contributed by atoms with van der Waals surface area (Å²) in [4.78, 5) is 2.78. The zero-order valence-corrected chi connectivity index (χ0v) is 10.2. The van der Waals surface area contributed by atoms with Gasteiger partial charge in [0.25, 0.3) is 0 Å². The number of aliphatic hydroxyl groups excluding tert-OH is 1. The van der Waals surface area contributed by atoms with Gasteiger partial charge in [-0.2, -0.15) is 0 Å². The van der Waals surface area contributed by atoms with Gasteiger partial charge in [0, 0.05) is 10.6 Å². The summed E-state index contributed by atoms with van der Waals surface area (Å²) in [6, 6.07) is 18.5. The normalized spacial score (nSPS) is 12.6. The third-order valence-electron chi connectivity index (χ3n) is 2.67. The highest BCUT2D eigenvalue weighted by molar-refractivity contribution is 5.54. The average Bonchev–Trinajstić information content (AvgIpc) is 2.48. The molecular weight excluding hydrogens is 238 g/mol. The summed E-state index contributed by atoms with van der Waals surface area (Å²) in [5.41, 5.74) is 10.5. The minimum atomic E-state index is -0.933. The van der Waals surface area contributed by atoms with Gasteiger partial charge in [0.05, 0.1) is 0 Å². The monoisotopic (exact) mass is 251 g/mol. The second kappa shape index (κ2) is 6.40. The van der Waals surface area contributed by atoms with Crippen molar-refractivity contribution >= 4 is 6.08 Å². The lowest BCUT2D eigenvalue weighted by atomic mass is 10.0. The molecule has 0 heterocycles. The smallest absolute Gasteiger partial charge is 0.107 e. The van der Waals surface area contributed by atoms with E-state index in [1.54, 1.807) is 18.2 Å². The SMILES string of the molecule is [N-]=[N+]=N/C(=C\c1ccccc1)C(O)c1ccccc1. The number of azide groups is 1. The molecule has 2 aromatic carbocycles. The van der Waals surface area contributed by atoms with Crippen molar-refractivity contribution < 1.29 is 5.11 Å². The molecule has 1 N–H and O–H groups in total. The molecule has 4 nitrogen and oxygen atoms in total. The van der Waals surface area contributed by atoms with Crippen molar-refractivity contribution in [2.45, 2.75) is 6.10 Å². The Bertz CT molecular complexity index is 602. The van der Waals surface area contributed by atoms with Gasteiger partial charge >= 0.3 is 0 Å². The lowest BCUT2D eigenvalue weighted by Gasteiger charge is -2.11. The van der Waals surface area contributed by atoms with Crippen LogP contribution in [0, 0.1) is 0 Å². The van der Waals surface area contributed by atoms with Crippen LogP contribution in [0.3, 0.4) is 0 Å². The Labute approximate surface area is 111 Å². The molecule has 0 saturated carbocycles. The molecular formula is C15H13N3O. The van der Waals surface area contributed by atoms with Crippen LogP contribution >= 0.6 is 0 Å². The van der Waals surface area contributed by atoms with Crippen LogP contribution in [0.15, 0.2) is 71.5 Å². The summed E-state index contributed by atoms with van der Waals surface area (Å²) in [5, 5.41) is 13.8. The molecule has 0 aromatic heterocycles. The fourth-order valence-corrected chi connectivity index (χ4v) is 1.74. The third-order valence-corrected chi connectivity index (χ3v) is 2.67. The van der Waals surface area contributed by atoms with Crippen LogP contribution < -0.4 is 0 Å². The molecule has 1 atom stereocenters. The Kier molecular flexibility index (Phi) is 4.34. The number of rotatable bonds is 4. The molecule has 94 valence electrons. The van der Waals surface area contributed by atoms with Crippen molar-refractivity contribution in [3.63, 3.8) is 0 Å². The first kappa shape index (κ1) is 12.9. The Balaban J connectivity index is 2.36. The molecule has 0 bridgehead atoms. The Hall–Kier alpha value is -2.55. The maximum Gasteiger partial charge on any atom is 0.107 e. The second-order valence-corrected chi connectivity index (χ2v) is 3.98. The van der Waals surface area contributed by atoms with Crippen LogP contribution in [0.2, 0.25) is 0 Å². The minimum absolute atomic E-state index is 0.278. The van der Waals surface area contributed by atoms with Gasteiger partial charge in [0.15, 0.2) is 0 Å². The van der Waals surface area contributed by atoms with E-state index in [2.05, 4.69) is 10.0 Å². The van der Waals surface area contributed by atoms with E-state index in [0.717, 1.165) is 5.56 Å². The fraction of sp³-hybridized carbons (Fsp3) is 0.0667. The maximum atomic E-state index is 10.2. The van der Waals surface area contributed by atoms with Gasteiger partial charge in [-0.15, -0.1) is 0 Å². The van der Waals surface area contributed by atoms with E-state index < -0.39 is 6.10 Å². The van der Waals surface area contributed by atoms with Crippen LogP contribution in [0.5, 0.6) is 0 Å². The Morgan fingerprint density at radius 1 is 1.05 bits per heavy atom. The maximum absolute atomic E-state index is 10.2. The van der Waals surface area contributed by atoms with Gasteiger partial charge in [-0.1, -0.05) is 65.8 Å². The fourth-order valence-electron chi connectivity index (χ4n) is 1.74. The van der Waals surface area contributed by atoms with Gasteiger partial charge in [0.1, 0.15) is 6.10 Å². The summed E-state index contributed by atoms with van der Waals surface area (Å²) in [6.45, 7) is 0. The molecule has 0 amide bonds. The molecule has 1 unspecified atom stereocenters. The summed E-state index contributed by atoms with van der Waals surface area (Å²) >= 11 is 0. The molecule has 2 aromatic rings. The van der Waals surface area contributed by atoms with Crippen LogP contribution in [0.1, 0.15) is 17.2 Å². The lowest BCUT2D eigenvalue weighted by molar-refractivity contribution is 0.215. The lowest BCUT2D eigenvalue weighted by Crippen LogP contribution is -1.99. The quantitative estimate of drug-likeness (QED) is 0.496. The highest BCUT2D eigenvalue weighted by Gasteiger charge is 2.11. The summed E-state index contributed by atoms with van der Waals surface area (Å²) in [6.07, 6.45) is 0.745. The standard InChI is InChI=1S/C15H13N3O/c16-18-17-14(11-12-7-3-1-4-8-12)15(19)13-9-5-2-6-10-13/h1-11,15,19H/b14-11-. The highest BCUT2D eigenvalue weighted by Crippen LogP contribution is 2.24. The van der Waals surface area contributed by atoms with E-state index in [9.17, 15) is 5.11 Å². The molecule has 4 heteroatoms. The van der Waals surface area contributed by atoms with Gasteiger partial charge in [0.2, 0.25) is 0 Å². The number of aliphatic hydroxyl groups is 1. The van der Waals surface area contributed by atoms with Crippen molar-refractivity contribution in [3.8, 4) is 0 Å². The van der Waals surface area contributed by atoms with E-state index >= 15 is 0 Å². The zero-order chi connectivity index (χ0) is 13.5. The van der Waals surface area contributed by atoms with E-state index in [0.29, 0.717) is 5.56 Å². The average molecular weight is 251 g/mol. The predicted molar refractivity (Wildman–Crippen MR) is 75.0 cm³/mol. The summed E-state index contributed by atoms with van der Waals surface area (Å²) in [5.74, 6) is 0. The molecule has 0 aliphatic carbocycles. The van der Waals surface area contributed by atoms with Gasteiger partial charge < -0.3 is 5.11 Å². The summed E-state index contributed by atoms with van der Waals surface area (Å²) < 4.78 is 0. The molecule has 0 spiro atoms. The molecule has 0 aliphatic rings. The van der Waals surface area contributed by atoms with E-state index in [1.807, 2.05) is 48.5 Å². The van der Waals surface area contributed by atoms with E-state index in [4.69, 9.17) is 5.53 Å². The van der Waals surface area contributed by atoms with Crippen molar-refractivity contribution in [1.82, 2.24) is 0 Å². The Morgan fingerprint density at radius 3 is 2.21 bits per heavy atom. The second-order valence-electron chi connectivity index (χ2n) is 3.98. The number of nitrogens with zero attached hydrogens (tertiary/aromatic N) is 3. The third kappa shape index (κ3) is 3.45. The van der Waals surface area contributed by atoms with Crippen LogP contribution in [0.25, 0.3) is 16.5 Å². The van der Waals surface area contributed by atoms with Crippen molar-refractivity contribution in [2.75, 3.05) is 0 Å². The molecule has 0 radical (unpaired) electrons. The predicted octanol–water partition coefficient (Wildman–Crippen LogP) is 4.07. The largest absolute Gasteiger partial charge is 0.384 e. The first-order valence-corrected chi connectivity index (χ1v) is 5.86. The minimum Gasteiger partial charge on any atom is -0.384 e. The van der Waals surface area contributed by atoms with E-state index in [-0.39, 0.29) is 5.70 Å². The first-order chi connectivity index (χ1) is 9.31. The van der Waals surface area contributed by atoms with Gasteiger partial charge in [-0.05, 0) is 22.7 Å². The number of benzene rings is 2. The van der Waals surface area contributed by atoms with Crippen LogP contribution in [0.4, 0.5) is 0 Å². The Morgan fingerprint density at radius 2 is 1.63 bits per heavy atom. The molecule has 0 fully saturated rings. The van der Waals surface area contributed by atoms with Crippen LogP contribution in [-0.2, 0) is 0 Å². The molecule has 0 saturated heterocycles. The topological polar surface area (TPSA) is 69.0 Å². The van der Waals surface area contributed by atoms with E-state index in [1.165, 1.54) is 0 Å². The molecule has 2 rings (SSSR count). The van der Waals surface area contributed by atoms with Gasteiger partial charge in [-0.3, -0.25) is 0 Å². The highest BCUT2D eigenvalue weighted by atomic mass is 16.3. The first-order valence-electron chi connectivity index (χ1n) is 5.86. The van der Waals surface area contributed by atoms with Crippen molar-refractivity contribution in [3.05, 3.63) is 87.9 Å². The van der Waals surface area contributed by atoms with Gasteiger partial charge in [-0.25, -0.2) is 0 Å². The number of hydrogen-bond acceptors (Lipinski definition) is 2. The zero-order valence-electron chi connectivity index (χ0n) is 10.2. The van der Waals surface area contributed by atoms with Crippen molar-refractivity contribution in [2.24, 2.45) is 5.11 Å². The van der Waals surface area contributed by atoms with Crippen molar-refractivity contribution in [1.29, 1.82) is 0 Å². The molecule has 19 heavy (non-hydrogen) atoms. The number of hydrogen-bond donors (Lipinski definition) is 1. The van der Waals surface area contributed by atoms with Crippen LogP contribution in [-0.4, -0.2) is 5.11 Å².